The van der Waals surface area contributed by atoms with Gasteiger partial charge in [0.15, 0.2) is 10.9 Å². The smallest absolute Gasteiger partial charge is 0.197 e. The van der Waals surface area contributed by atoms with Gasteiger partial charge in [-0.25, -0.2) is 0 Å². The Balaban J connectivity index is 1.28. The summed E-state index contributed by atoms with van der Waals surface area (Å²) in [4.78, 5) is 30.3. The van der Waals surface area contributed by atoms with Gasteiger partial charge in [-0.1, -0.05) is 97.1 Å². The third kappa shape index (κ3) is 4.68. The number of fused-ring (bicyclic) bond motifs is 4. The highest BCUT2D eigenvalue weighted by atomic mass is 16.1. The number of rotatable bonds is 5. The zero-order valence-electron chi connectivity index (χ0n) is 26.8. The first kappa shape index (κ1) is 28.7. The molecule has 4 nitrogen and oxygen atoms in total. The van der Waals surface area contributed by atoms with Crippen molar-refractivity contribution in [3.63, 3.8) is 0 Å². The van der Waals surface area contributed by atoms with E-state index >= 15 is 0 Å². The molecular formula is C45H30N2O2. The summed E-state index contributed by atoms with van der Waals surface area (Å²) >= 11 is 0. The standard InChI is InChI=1S/C45H30N2O2/c1-29-26-39-43-40(27-29)45(49)38-28-36(24-25-42(38)47(43)41-15-9-8-14-37(41)44(39)48)46(34-20-16-32(17-21-34)30-10-4-2-5-11-30)35-22-18-33(19-23-35)31-12-6-3-7-13-31/h2-28H,1H3. The Morgan fingerprint density at radius 2 is 0.857 bits per heavy atom. The van der Waals surface area contributed by atoms with Gasteiger partial charge in [0.1, 0.15) is 0 Å². The summed E-state index contributed by atoms with van der Waals surface area (Å²) in [5.41, 5.74) is 10.4. The van der Waals surface area contributed by atoms with Gasteiger partial charge in [-0.05, 0) is 101 Å². The van der Waals surface area contributed by atoms with Crippen molar-refractivity contribution in [1.82, 2.24) is 4.40 Å². The second kappa shape index (κ2) is 11.3. The fourth-order valence-electron chi connectivity index (χ4n) is 7.24. The molecule has 232 valence electrons. The molecule has 2 heterocycles. The monoisotopic (exact) mass is 630 g/mol. The van der Waals surface area contributed by atoms with E-state index in [1.165, 1.54) is 0 Å². The Morgan fingerprint density at radius 1 is 0.408 bits per heavy atom. The van der Waals surface area contributed by atoms with E-state index in [9.17, 15) is 9.59 Å². The molecule has 0 saturated carbocycles. The van der Waals surface area contributed by atoms with Crippen molar-refractivity contribution < 1.29 is 0 Å². The van der Waals surface area contributed by atoms with Gasteiger partial charge >= 0.3 is 0 Å². The number of pyridine rings is 2. The minimum atomic E-state index is -0.0842. The van der Waals surface area contributed by atoms with Gasteiger partial charge < -0.3 is 9.30 Å². The molecular weight excluding hydrogens is 601 g/mol. The van der Waals surface area contributed by atoms with Crippen LogP contribution < -0.4 is 15.8 Å². The summed E-state index contributed by atoms with van der Waals surface area (Å²) in [6.07, 6.45) is 0. The van der Waals surface area contributed by atoms with Crippen molar-refractivity contribution in [1.29, 1.82) is 0 Å². The Hall–Kier alpha value is -6.52. The van der Waals surface area contributed by atoms with Crippen LogP contribution in [-0.4, -0.2) is 4.40 Å². The Kier molecular flexibility index (Phi) is 6.63. The molecule has 9 aromatic rings. The van der Waals surface area contributed by atoms with E-state index in [1.807, 2.05) is 91.9 Å². The lowest BCUT2D eigenvalue weighted by Gasteiger charge is -2.26. The first-order chi connectivity index (χ1) is 24.0. The van der Waals surface area contributed by atoms with E-state index in [0.717, 1.165) is 55.9 Å². The maximum Gasteiger partial charge on any atom is 0.197 e. The number of benzene rings is 7. The molecule has 0 spiro atoms. The molecule has 4 heteroatoms. The number of aryl methyl sites for hydroxylation is 1. The van der Waals surface area contributed by atoms with Crippen LogP contribution in [0.1, 0.15) is 5.56 Å². The first-order valence-corrected chi connectivity index (χ1v) is 16.4. The van der Waals surface area contributed by atoms with Gasteiger partial charge in [0, 0.05) is 38.6 Å². The largest absolute Gasteiger partial charge is 0.310 e. The van der Waals surface area contributed by atoms with E-state index in [4.69, 9.17) is 0 Å². The van der Waals surface area contributed by atoms with Gasteiger partial charge in [0.2, 0.25) is 0 Å². The molecule has 0 N–H and O–H groups in total. The first-order valence-electron chi connectivity index (χ1n) is 16.4. The SMILES string of the molecule is Cc1cc2c(=O)c3ccccc3n3c4ccc(N(c5ccc(-c6ccccc6)cc5)c5ccc(-c6ccccc6)cc5)cc4c(=O)c(c1)c23. The number of hydrogen-bond acceptors (Lipinski definition) is 3. The van der Waals surface area contributed by atoms with Gasteiger partial charge in [-0.15, -0.1) is 0 Å². The van der Waals surface area contributed by atoms with Gasteiger partial charge in [0.25, 0.3) is 0 Å². The average molecular weight is 631 g/mol. The van der Waals surface area contributed by atoms with Crippen molar-refractivity contribution in [3.8, 4) is 22.3 Å². The third-order valence-electron chi connectivity index (χ3n) is 9.55. The van der Waals surface area contributed by atoms with Crippen LogP contribution >= 0.6 is 0 Å². The third-order valence-corrected chi connectivity index (χ3v) is 9.55. The van der Waals surface area contributed by atoms with Gasteiger partial charge in [0.05, 0.1) is 16.6 Å². The van der Waals surface area contributed by atoms with Crippen molar-refractivity contribution in [3.05, 3.63) is 190 Å². The van der Waals surface area contributed by atoms with Crippen LogP contribution in [0.4, 0.5) is 17.1 Å². The second-order valence-electron chi connectivity index (χ2n) is 12.6. The van der Waals surface area contributed by atoms with Crippen LogP contribution in [0.15, 0.2) is 173 Å². The maximum atomic E-state index is 14.4. The van der Waals surface area contributed by atoms with E-state index in [0.29, 0.717) is 27.1 Å². The lowest BCUT2D eigenvalue weighted by molar-refractivity contribution is 1.27. The van der Waals surface area contributed by atoms with E-state index in [2.05, 4.69) is 88.2 Å². The van der Waals surface area contributed by atoms with Crippen molar-refractivity contribution in [2.45, 2.75) is 6.92 Å². The molecule has 2 aromatic heterocycles. The summed E-state index contributed by atoms with van der Waals surface area (Å²) in [7, 11) is 0. The van der Waals surface area contributed by atoms with Crippen LogP contribution in [-0.2, 0) is 0 Å². The Bertz CT molecular complexity index is 2710. The molecule has 0 amide bonds. The van der Waals surface area contributed by atoms with Crippen LogP contribution in [0.5, 0.6) is 0 Å². The fraction of sp³-hybridized carbons (Fsp3) is 0.0222. The molecule has 0 bridgehead atoms. The zero-order chi connectivity index (χ0) is 33.1. The van der Waals surface area contributed by atoms with Crippen molar-refractivity contribution in [2.75, 3.05) is 4.90 Å². The molecule has 0 saturated heterocycles. The van der Waals surface area contributed by atoms with Gasteiger partial charge in [-0.2, -0.15) is 0 Å². The summed E-state index contributed by atoms with van der Waals surface area (Å²) < 4.78 is 2.09. The highest BCUT2D eigenvalue weighted by Crippen LogP contribution is 2.38. The number of aromatic nitrogens is 1. The maximum absolute atomic E-state index is 14.4. The van der Waals surface area contributed by atoms with E-state index in [-0.39, 0.29) is 10.9 Å². The number of nitrogens with zero attached hydrogens (tertiary/aromatic N) is 2. The number of hydrogen-bond donors (Lipinski definition) is 0. The molecule has 0 aliphatic heterocycles. The number of para-hydroxylation sites is 1. The molecule has 0 atom stereocenters. The normalized spacial score (nSPS) is 11.5. The Labute approximate surface area is 282 Å². The van der Waals surface area contributed by atoms with E-state index in [1.54, 1.807) is 0 Å². The summed E-state index contributed by atoms with van der Waals surface area (Å²) in [6, 6.07) is 55.3. The van der Waals surface area contributed by atoms with Crippen molar-refractivity contribution >= 4 is 55.2 Å². The summed E-state index contributed by atoms with van der Waals surface area (Å²) in [5, 5.41) is 2.34. The zero-order valence-corrected chi connectivity index (χ0v) is 26.8. The highest BCUT2D eigenvalue weighted by Gasteiger charge is 2.20. The molecule has 0 unspecified atom stereocenters. The van der Waals surface area contributed by atoms with Crippen LogP contribution in [0, 0.1) is 6.92 Å². The summed E-state index contributed by atoms with van der Waals surface area (Å²) in [6.45, 7) is 1.94. The molecule has 0 fully saturated rings. The van der Waals surface area contributed by atoms with Crippen LogP contribution in [0.25, 0.3) is 60.3 Å². The highest BCUT2D eigenvalue weighted by molar-refractivity contribution is 6.08. The molecule has 7 aromatic carbocycles. The predicted molar refractivity (Wildman–Crippen MR) is 204 cm³/mol. The Morgan fingerprint density at radius 3 is 1.43 bits per heavy atom. The second-order valence-corrected chi connectivity index (χ2v) is 12.6. The fourth-order valence-corrected chi connectivity index (χ4v) is 7.24. The van der Waals surface area contributed by atoms with Crippen molar-refractivity contribution in [2.24, 2.45) is 0 Å². The average Bonchev–Trinajstić information content (AvgIpc) is 3.16. The van der Waals surface area contributed by atoms with Crippen LogP contribution in [0.3, 0.4) is 0 Å². The topological polar surface area (TPSA) is 41.8 Å². The lowest BCUT2D eigenvalue weighted by atomic mass is 10.00. The predicted octanol–water partition coefficient (Wildman–Crippen LogP) is 10.7. The molecule has 0 radical (unpaired) electrons. The molecule has 49 heavy (non-hydrogen) atoms. The minimum Gasteiger partial charge on any atom is -0.310 e. The van der Waals surface area contributed by atoms with Gasteiger partial charge in [-0.3, -0.25) is 9.59 Å². The van der Waals surface area contributed by atoms with Crippen LogP contribution in [0.2, 0.25) is 0 Å². The minimum absolute atomic E-state index is 0.0521. The lowest BCUT2D eigenvalue weighted by Crippen LogP contribution is -2.15. The molecule has 0 aliphatic rings. The molecule has 0 aliphatic carbocycles. The summed E-state index contributed by atoms with van der Waals surface area (Å²) in [5.74, 6) is 0. The van der Waals surface area contributed by atoms with E-state index < -0.39 is 0 Å². The molecule has 9 rings (SSSR count). The quantitative estimate of drug-likeness (QED) is 0.140. The number of anilines is 3.